The first kappa shape index (κ1) is 13.0. The number of Topliss-reactive ketones (excluding diaryl/α,β-unsaturated/α-hetero) is 1. The molecule has 0 amide bonds. The van der Waals surface area contributed by atoms with Crippen LogP contribution in [0.4, 0.5) is 4.39 Å². The van der Waals surface area contributed by atoms with Gasteiger partial charge in [-0.2, -0.15) is 4.68 Å². The molecule has 0 atom stereocenters. The van der Waals surface area contributed by atoms with Gasteiger partial charge in [0.2, 0.25) is 11.7 Å². The molecule has 0 aliphatic carbocycles. The molecule has 3 aromatic rings. The second-order valence-corrected chi connectivity index (χ2v) is 4.24. The van der Waals surface area contributed by atoms with Gasteiger partial charge in [0.1, 0.15) is 12.4 Å². The Morgan fingerprint density at radius 2 is 2.00 bits per heavy atom. The number of hydrogen-bond acceptors (Lipinski definition) is 5. The van der Waals surface area contributed by atoms with Gasteiger partial charge < -0.3 is 8.83 Å². The van der Waals surface area contributed by atoms with Crippen molar-refractivity contribution in [1.29, 1.82) is 0 Å². The first-order valence-electron chi connectivity index (χ1n) is 6.04. The van der Waals surface area contributed by atoms with Crippen LogP contribution < -0.4 is 5.76 Å². The zero-order chi connectivity index (χ0) is 14.8. The second kappa shape index (κ2) is 5.20. The van der Waals surface area contributed by atoms with Crippen LogP contribution in [-0.4, -0.2) is 15.6 Å². The number of aromatic nitrogens is 2. The third-order valence-corrected chi connectivity index (χ3v) is 2.79. The SMILES string of the molecule is O=C(Cn1nc(-c2ccc(F)cc2)oc1=O)c1ccco1. The number of rotatable bonds is 4. The normalized spacial score (nSPS) is 10.7. The second-order valence-electron chi connectivity index (χ2n) is 4.24. The molecule has 0 saturated carbocycles. The molecule has 106 valence electrons. The summed E-state index contributed by atoms with van der Waals surface area (Å²) in [7, 11) is 0. The first-order chi connectivity index (χ1) is 10.1. The number of nitrogens with zero attached hydrogens (tertiary/aromatic N) is 2. The van der Waals surface area contributed by atoms with Gasteiger partial charge in [-0.25, -0.2) is 9.18 Å². The van der Waals surface area contributed by atoms with Gasteiger partial charge in [0.05, 0.1) is 6.26 Å². The zero-order valence-electron chi connectivity index (χ0n) is 10.7. The monoisotopic (exact) mass is 288 g/mol. The lowest BCUT2D eigenvalue weighted by Gasteiger charge is -1.95. The number of ketones is 1. The van der Waals surface area contributed by atoms with E-state index >= 15 is 0 Å². The third kappa shape index (κ3) is 2.66. The van der Waals surface area contributed by atoms with Gasteiger partial charge in [0.15, 0.2) is 5.76 Å². The zero-order valence-corrected chi connectivity index (χ0v) is 10.7. The summed E-state index contributed by atoms with van der Waals surface area (Å²) in [5, 5.41) is 3.91. The molecule has 3 rings (SSSR count). The fraction of sp³-hybridized carbons (Fsp3) is 0.0714. The fourth-order valence-electron chi connectivity index (χ4n) is 1.77. The van der Waals surface area contributed by atoms with Crippen molar-refractivity contribution in [3.05, 3.63) is 64.8 Å². The summed E-state index contributed by atoms with van der Waals surface area (Å²) in [5.41, 5.74) is 0.442. The summed E-state index contributed by atoms with van der Waals surface area (Å²) in [6.45, 7) is -0.295. The smallest absolute Gasteiger partial charge is 0.437 e. The summed E-state index contributed by atoms with van der Waals surface area (Å²) in [6, 6.07) is 8.38. The van der Waals surface area contributed by atoms with E-state index in [9.17, 15) is 14.0 Å². The third-order valence-electron chi connectivity index (χ3n) is 2.79. The van der Waals surface area contributed by atoms with Crippen LogP contribution >= 0.6 is 0 Å². The van der Waals surface area contributed by atoms with Crippen LogP contribution in [-0.2, 0) is 6.54 Å². The van der Waals surface area contributed by atoms with Gasteiger partial charge in [0.25, 0.3) is 0 Å². The van der Waals surface area contributed by atoms with Gasteiger partial charge in [-0.1, -0.05) is 0 Å². The van der Waals surface area contributed by atoms with Crippen molar-refractivity contribution in [2.24, 2.45) is 0 Å². The maximum Gasteiger partial charge on any atom is 0.437 e. The molecule has 0 unspecified atom stereocenters. The first-order valence-corrected chi connectivity index (χ1v) is 6.04. The molecule has 2 heterocycles. The Hall–Kier alpha value is -2.96. The Morgan fingerprint density at radius 1 is 1.24 bits per heavy atom. The minimum Gasteiger partial charge on any atom is -0.461 e. The van der Waals surface area contributed by atoms with Gasteiger partial charge >= 0.3 is 5.76 Å². The van der Waals surface area contributed by atoms with Crippen molar-refractivity contribution in [2.45, 2.75) is 6.54 Å². The molecule has 21 heavy (non-hydrogen) atoms. The minimum atomic E-state index is -0.769. The van der Waals surface area contributed by atoms with Crippen LogP contribution in [0, 0.1) is 5.82 Å². The Bertz CT molecular complexity index is 816. The molecular formula is C14H9FN2O4. The molecule has 1 aromatic carbocycles. The van der Waals surface area contributed by atoms with Gasteiger partial charge in [-0.3, -0.25) is 4.79 Å². The number of hydrogen-bond donors (Lipinski definition) is 0. The predicted molar refractivity (Wildman–Crippen MR) is 69.2 cm³/mol. The molecule has 6 nitrogen and oxygen atoms in total. The molecule has 0 N–H and O–H groups in total. The summed E-state index contributed by atoms with van der Waals surface area (Å²) in [5.74, 6) is -1.43. The van der Waals surface area contributed by atoms with Crippen LogP contribution in [0.1, 0.15) is 10.6 Å². The lowest BCUT2D eigenvalue weighted by atomic mass is 10.2. The van der Waals surface area contributed by atoms with Crippen molar-refractivity contribution in [3.8, 4) is 11.5 Å². The van der Waals surface area contributed by atoms with Gasteiger partial charge in [-0.05, 0) is 36.4 Å². The maximum atomic E-state index is 12.8. The predicted octanol–water partition coefficient (Wildman–Crippen LogP) is 2.12. The largest absolute Gasteiger partial charge is 0.461 e. The molecule has 0 aliphatic heterocycles. The number of carbonyl (C=O) groups excluding carboxylic acids is 1. The lowest BCUT2D eigenvalue weighted by molar-refractivity contribution is 0.0937. The van der Waals surface area contributed by atoms with E-state index in [1.54, 1.807) is 6.07 Å². The van der Waals surface area contributed by atoms with Crippen molar-refractivity contribution in [3.63, 3.8) is 0 Å². The summed E-state index contributed by atoms with van der Waals surface area (Å²) in [4.78, 5) is 23.5. The summed E-state index contributed by atoms with van der Waals surface area (Å²) in [6.07, 6.45) is 1.36. The Labute approximate surface area is 117 Å². The molecule has 0 saturated heterocycles. The number of carbonyl (C=O) groups is 1. The molecule has 7 heteroatoms. The topological polar surface area (TPSA) is 78.2 Å². The highest BCUT2D eigenvalue weighted by Crippen LogP contribution is 2.15. The molecular weight excluding hydrogens is 279 g/mol. The standard InChI is InChI=1S/C14H9FN2O4/c15-10-5-3-9(4-6-10)13-16-17(14(19)21-13)8-11(18)12-2-1-7-20-12/h1-7H,8H2. The molecule has 0 spiro atoms. The van der Waals surface area contributed by atoms with Crippen molar-refractivity contribution in [1.82, 2.24) is 9.78 Å². The molecule has 0 radical (unpaired) electrons. The highest BCUT2D eigenvalue weighted by molar-refractivity contribution is 5.93. The van der Waals surface area contributed by atoms with E-state index in [4.69, 9.17) is 8.83 Å². The van der Waals surface area contributed by atoms with E-state index in [-0.39, 0.29) is 18.2 Å². The minimum absolute atomic E-state index is 0.0206. The number of benzene rings is 1. The lowest BCUT2D eigenvalue weighted by Crippen LogP contribution is -2.21. The van der Waals surface area contributed by atoms with E-state index in [1.807, 2.05) is 0 Å². The van der Waals surface area contributed by atoms with E-state index in [1.165, 1.54) is 36.6 Å². The number of furan rings is 1. The Balaban J connectivity index is 1.86. The molecule has 0 bridgehead atoms. The van der Waals surface area contributed by atoms with Crippen molar-refractivity contribution < 1.29 is 18.0 Å². The van der Waals surface area contributed by atoms with E-state index in [0.29, 0.717) is 5.56 Å². The van der Waals surface area contributed by atoms with Crippen molar-refractivity contribution in [2.75, 3.05) is 0 Å². The Kier molecular flexibility index (Phi) is 3.23. The van der Waals surface area contributed by atoms with E-state index in [0.717, 1.165) is 4.68 Å². The summed E-state index contributed by atoms with van der Waals surface area (Å²) < 4.78 is 23.6. The van der Waals surface area contributed by atoms with E-state index < -0.39 is 17.4 Å². The molecule has 0 aliphatic rings. The molecule has 2 aromatic heterocycles. The van der Waals surface area contributed by atoms with E-state index in [2.05, 4.69) is 5.10 Å². The van der Waals surface area contributed by atoms with Gasteiger partial charge in [-0.15, -0.1) is 5.10 Å². The quantitative estimate of drug-likeness (QED) is 0.687. The van der Waals surface area contributed by atoms with Crippen molar-refractivity contribution >= 4 is 5.78 Å². The van der Waals surface area contributed by atoms with Crippen LogP contribution in [0.5, 0.6) is 0 Å². The maximum absolute atomic E-state index is 12.8. The summed E-state index contributed by atoms with van der Waals surface area (Å²) >= 11 is 0. The number of halogens is 1. The average Bonchev–Trinajstić information content (AvgIpc) is 3.10. The molecule has 0 fully saturated rings. The van der Waals surface area contributed by atoms with Crippen LogP contribution in [0.3, 0.4) is 0 Å². The highest BCUT2D eigenvalue weighted by Gasteiger charge is 2.15. The Morgan fingerprint density at radius 3 is 2.67 bits per heavy atom. The average molecular weight is 288 g/mol. The van der Waals surface area contributed by atoms with Crippen LogP contribution in [0.2, 0.25) is 0 Å². The highest BCUT2D eigenvalue weighted by atomic mass is 19.1. The van der Waals surface area contributed by atoms with Crippen LogP contribution in [0.25, 0.3) is 11.5 Å². The van der Waals surface area contributed by atoms with Gasteiger partial charge in [0, 0.05) is 5.56 Å². The fourth-order valence-corrected chi connectivity index (χ4v) is 1.77. The van der Waals surface area contributed by atoms with Crippen LogP contribution in [0.15, 0.2) is 56.3 Å².